The minimum atomic E-state index is 0.555. The molecule has 0 spiro atoms. The Hall–Kier alpha value is -2.30. The Balaban J connectivity index is 2.74. The lowest BCUT2D eigenvalue weighted by atomic mass is 10.0. The lowest BCUT2D eigenvalue weighted by Gasteiger charge is -2.15. The van der Waals surface area contributed by atoms with Crippen LogP contribution in [-0.2, 0) is 0 Å². The zero-order valence-electron chi connectivity index (χ0n) is 12.4. The second-order valence-electron chi connectivity index (χ2n) is 4.64. The maximum Gasteiger partial charge on any atom is 0.128 e. The molecule has 0 radical (unpaired) electrons. The van der Waals surface area contributed by atoms with Gasteiger partial charge in [-0.15, -0.1) is 0 Å². The van der Waals surface area contributed by atoms with Crippen LogP contribution in [0.1, 0.15) is 17.1 Å². The van der Waals surface area contributed by atoms with Gasteiger partial charge in [-0.25, -0.2) is 9.97 Å². The van der Waals surface area contributed by atoms with E-state index in [1.807, 2.05) is 32.9 Å². The Bertz CT molecular complexity index is 654. The summed E-state index contributed by atoms with van der Waals surface area (Å²) in [6.07, 6.45) is 0. The largest absolute Gasteiger partial charge is 0.496 e. The highest BCUT2D eigenvalue weighted by molar-refractivity contribution is 5.79. The molecule has 0 saturated carbocycles. The molecular formula is C15H19N3O2. The van der Waals surface area contributed by atoms with Crippen LogP contribution in [0.4, 0.5) is 5.69 Å². The normalized spacial score (nSPS) is 10.4. The van der Waals surface area contributed by atoms with Crippen molar-refractivity contribution < 1.29 is 9.47 Å². The van der Waals surface area contributed by atoms with Crippen molar-refractivity contribution in [2.75, 3.05) is 20.0 Å². The third-order valence-electron chi connectivity index (χ3n) is 3.22. The number of anilines is 1. The van der Waals surface area contributed by atoms with Crippen molar-refractivity contribution in [1.82, 2.24) is 9.97 Å². The summed E-state index contributed by atoms with van der Waals surface area (Å²) in [6, 6.07) is 3.81. The Morgan fingerprint density at radius 3 is 2.20 bits per heavy atom. The van der Waals surface area contributed by atoms with E-state index in [2.05, 4.69) is 9.97 Å². The number of methoxy groups -OCH3 is 2. The first-order valence-electron chi connectivity index (χ1n) is 6.31. The summed E-state index contributed by atoms with van der Waals surface area (Å²) in [4.78, 5) is 8.71. The van der Waals surface area contributed by atoms with Crippen LogP contribution in [0.5, 0.6) is 11.5 Å². The van der Waals surface area contributed by atoms with Crippen LogP contribution in [0.2, 0.25) is 0 Å². The summed E-state index contributed by atoms with van der Waals surface area (Å²) in [5.74, 6) is 2.16. The van der Waals surface area contributed by atoms with Crippen molar-refractivity contribution in [1.29, 1.82) is 0 Å². The van der Waals surface area contributed by atoms with Gasteiger partial charge in [0.2, 0.25) is 0 Å². The van der Waals surface area contributed by atoms with Gasteiger partial charge in [0.05, 0.1) is 25.6 Å². The van der Waals surface area contributed by atoms with Gasteiger partial charge < -0.3 is 15.2 Å². The minimum absolute atomic E-state index is 0.555. The average molecular weight is 273 g/mol. The number of hydrogen-bond donors (Lipinski definition) is 1. The molecule has 106 valence electrons. The number of ether oxygens (including phenoxy) is 2. The van der Waals surface area contributed by atoms with Crippen LogP contribution >= 0.6 is 0 Å². The quantitative estimate of drug-likeness (QED) is 0.931. The number of benzene rings is 1. The molecule has 2 rings (SSSR count). The lowest BCUT2D eigenvalue weighted by Crippen LogP contribution is -2.03. The van der Waals surface area contributed by atoms with E-state index in [0.29, 0.717) is 23.0 Å². The van der Waals surface area contributed by atoms with Crippen LogP contribution in [0.25, 0.3) is 11.3 Å². The second-order valence-corrected chi connectivity index (χ2v) is 4.64. The standard InChI is InChI=1S/C15H19N3O2/c1-8-6-13(20-5)11(7-12(8)19-4)15-14(16)9(2)17-10(3)18-15/h6-7H,16H2,1-5H3. The molecule has 1 aromatic carbocycles. The van der Waals surface area contributed by atoms with Crippen molar-refractivity contribution in [3.63, 3.8) is 0 Å². The van der Waals surface area contributed by atoms with Gasteiger partial charge in [-0.05, 0) is 38.5 Å². The van der Waals surface area contributed by atoms with Crippen LogP contribution in [0.3, 0.4) is 0 Å². The highest BCUT2D eigenvalue weighted by Crippen LogP contribution is 2.37. The van der Waals surface area contributed by atoms with E-state index in [1.54, 1.807) is 14.2 Å². The van der Waals surface area contributed by atoms with E-state index in [1.165, 1.54) is 0 Å². The van der Waals surface area contributed by atoms with Gasteiger partial charge in [-0.1, -0.05) is 0 Å². The maximum atomic E-state index is 6.12. The van der Waals surface area contributed by atoms with E-state index < -0.39 is 0 Å². The van der Waals surface area contributed by atoms with Gasteiger partial charge >= 0.3 is 0 Å². The average Bonchev–Trinajstić information content (AvgIpc) is 2.42. The first kappa shape index (κ1) is 14.1. The number of aryl methyl sites for hydroxylation is 3. The molecule has 2 N–H and O–H groups in total. The molecule has 2 aromatic rings. The monoisotopic (exact) mass is 273 g/mol. The fourth-order valence-corrected chi connectivity index (χ4v) is 2.16. The van der Waals surface area contributed by atoms with E-state index in [-0.39, 0.29) is 0 Å². The van der Waals surface area contributed by atoms with Crippen molar-refractivity contribution >= 4 is 5.69 Å². The van der Waals surface area contributed by atoms with Crippen LogP contribution in [0, 0.1) is 20.8 Å². The van der Waals surface area contributed by atoms with Gasteiger partial charge in [-0.3, -0.25) is 0 Å². The van der Waals surface area contributed by atoms with Gasteiger partial charge in [0.15, 0.2) is 0 Å². The number of hydrogen-bond acceptors (Lipinski definition) is 5. The van der Waals surface area contributed by atoms with E-state index in [4.69, 9.17) is 15.2 Å². The first-order valence-corrected chi connectivity index (χ1v) is 6.31. The van der Waals surface area contributed by atoms with E-state index in [0.717, 1.165) is 22.6 Å². The fraction of sp³-hybridized carbons (Fsp3) is 0.333. The number of rotatable bonds is 3. The Morgan fingerprint density at radius 1 is 0.950 bits per heavy atom. The SMILES string of the molecule is COc1cc(-c2nc(C)nc(C)c2N)c(OC)cc1C. The smallest absolute Gasteiger partial charge is 0.128 e. The Morgan fingerprint density at radius 2 is 1.60 bits per heavy atom. The summed E-state index contributed by atoms with van der Waals surface area (Å²) in [5.41, 5.74) is 9.90. The zero-order valence-corrected chi connectivity index (χ0v) is 12.4. The Kier molecular flexibility index (Phi) is 3.79. The molecule has 0 aliphatic heterocycles. The molecular weight excluding hydrogens is 254 g/mol. The molecule has 0 bridgehead atoms. The number of aromatic nitrogens is 2. The molecule has 0 unspecified atom stereocenters. The number of nitrogens with zero attached hydrogens (tertiary/aromatic N) is 2. The molecule has 0 fully saturated rings. The summed E-state index contributed by atoms with van der Waals surface area (Å²) < 4.78 is 10.8. The number of nitrogens with two attached hydrogens (primary N) is 1. The van der Waals surface area contributed by atoms with Crippen molar-refractivity contribution in [2.24, 2.45) is 0 Å². The fourth-order valence-electron chi connectivity index (χ4n) is 2.16. The molecule has 0 saturated heterocycles. The van der Waals surface area contributed by atoms with Gasteiger partial charge in [0.1, 0.15) is 23.0 Å². The highest BCUT2D eigenvalue weighted by atomic mass is 16.5. The van der Waals surface area contributed by atoms with Gasteiger partial charge in [0, 0.05) is 5.56 Å². The molecule has 0 aliphatic carbocycles. The molecule has 1 aromatic heterocycles. The lowest BCUT2D eigenvalue weighted by molar-refractivity contribution is 0.401. The topological polar surface area (TPSA) is 70.3 Å². The molecule has 1 heterocycles. The van der Waals surface area contributed by atoms with Crippen molar-refractivity contribution in [3.8, 4) is 22.8 Å². The van der Waals surface area contributed by atoms with Crippen LogP contribution < -0.4 is 15.2 Å². The predicted octanol–water partition coefficient (Wildman–Crippen LogP) is 2.67. The molecule has 0 aliphatic rings. The van der Waals surface area contributed by atoms with Gasteiger partial charge in [0.25, 0.3) is 0 Å². The third-order valence-corrected chi connectivity index (χ3v) is 3.22. The van der Waals surface area contributed by atoms with Crippen LogP contribution in [0.15, 0.2) is 12.1 Å². The molecule has 5 nitrogen and oxygen atoms in total. The van der Waals surface area contributed by atoms with Crippen molar-refractivity contribution in [2.45, 2.75) is 20.8 Å². The molecule has 5 heteroatoms. The van der Waals surface area contributed by atoms with E-state index >= 15 is 0 Å². The van der Waals surface area contributed by atoms with Gasteiger partial charge in [-0.2, -0.15) is 0 Å². The minimum Gasteiger partial charge on any atom is -0.496 e. The third kappa shape index (κ3) is 2.39. The van der Waals surface area contributed by atoms with Crippen LogP contribution in [-0.4, -0.2) is 24.2 Å². The maximum absolute atomic E-state index is 6.12. The first-order chi connectivity index (χ1) is 9.47. The summed E-state index contributed by atoms with van der Waals surface area (Å²) >= 11 is 0. The molecule has 0 atom stereocenters. The molecule has 0 amide bonds. The summed E-state index contributed by atoms with van der Waals surface area (Å²) in [6.45, 7) is 5.67. The summed E-state index contributed by atoms with van der Waals surface area (Å²) in [5, 5.41) is 0. The second kappa shape index (κ2) is 5.36. The number of nitrogen functional groups attached to an aromatic ring is 1. The zero-order chi connectivity index (χ0) is 14.9. The molecule has 20 heavy (non-hydrogen) atoms. The Labute approximate surface area is 118 Å². The highest BCUT2D eigenvalue weighted by Gasteiger charge is 2.16. The van der Waals surface area contributed by atoms with E-state index in [9.17, 15) is 0 Å². The summed E-state index contributed by atoms with van der Waals surface area (Å²) in [7, 11) is 3.26. The predicted molar refractivity (Wildman–Crippen MR) is 79.2 cm³/mol. The van der Waals surface area contributed by atoms with Crippen molar-refractivity contribution in [3.05, 3.63) is 29.2 Å².